The molecule has 3 rings (SSSR count). The van der Waals surface area contributed by atoms with Crippen LogP contribution in [0.25, 0.3) is 21.6 Å². The first kappa shape index (κ1) is 16.7. The van der Waals surface area contributed by atoms with Crippen LogP contribution in [0, 0.1) is 18.3 Å². The maximum absolute atomic E-state index is 9.31. The summed E-state index contributed by atoms with van der Waals surface area (Å²) in [6, 6.07) is 14.5. The van der Waals surface area contributed by atoms with Crippen LogP contribution >= 0.6 is 22.9 Å². The molecule has 0 aliphatic rings. The summed E-state index contributed by atoms with van der Waals surface area (Å²) in [6.45, 7) is 5.79. The molecular formula is C20H17ClN2S. The number of nitriles is 1. The van der Waals surface area contributed by atoms with Gasteiger partial charge in [-0.05, 0) is 67.1 Å². The lowest BCUT2D eigenvalue weighted by atomic mass is 9.89. The quantitative estimate of drug-likeness (QED) is 0.559. The molecule has 0 spiro atoms. The van der Waals surface area contributed by atoms with Crippen molar-refractivity contribution in [2.24, 2.45) is 0 Å². The maximum Gasteiger partial charge on any atom is 0.0937 e. The van der Waals surface area contributed by atoms with E-state index in [9.17, 15) is 5.26 Å². The topological polar surface area (TPSA) is 36.7 Å². The number of benzene rings is 1. The van der Waals surface area contributed by atoms with Crippen molar-refractivity contribution in [1.29, 1.82) is 5.26 Å². The van der Waals surface area contributed by atoms with Crippen LogP contribution in [0.3, 0.4) is 0 Å². The van der Waals surface area contributed by atoms with Gasteiger partial charge >= 0.3 is 0 Å². The van der Waals surface area contributed by atoms with E-state index >= 15 is 0 Å². The molecule has 0 saturated carbocycles. The molecule has 24 heavy (non-hydrogen) atoms. The Kier molecular flexibility index (Phi) is 4.45. The molecule has 2 nitrogen and oxygen atoms in total. The van der Waals surface area contributed by atoms with Crippen molar-refractivity contribution in [3.63, 3.8) is 0 Å². The van der Waals surface area contributed by atoms with Crippen LogP contribution in [0.1, 0.15) is 25.1 Å². The summed E-state index contributed by atoms with van der Waals surface area (Å²) in [5.41, 5.74) is 4.56. The first-order valence-electron chi connectivity index (χ1n) is 7.64. The third-order valence-corrected chi connectivity index (χ3v) is 5.28. The van der Waals surface area contributed by atoms with Gasteiger partial charge in [-0.25, -0.2) is 0 Å². The van der Waals surface area contributed by atoms with Gasteiger partial charge in [0.2, 0.25) is 0 Å². The van der Waals surface area contributed by atoms with E-state index in [4.69, 9.17) is 11.6 Å². The molecule has 0 amide bonds. The molecule has 3 aromatic rings. The van der Waals surface area contributed by atoms with Crippen LogP contribution in [0.2, 0.25) is 5.02 Å². The fraction of sp³-hybridized carbons (Fsp3) is 0.200. The lowest BCUT2D eigenvalue weighted by molar-refractivity contribution is 0.660. The number of hydrogen-bond acceptors (Lipinski definition) is 3. The van der Waals surface area contributed by atoms with E-state index in [0.29, 0.717) is 0 Å². The highest BCUT2D eigenvalue weighted by molar-refractivity contribution is 7.14. The predicted octanol–water partition coefficient (Wildman–Crippen LogP) is 6.24. The normalized spacial score (nSPS) is 11.3. The van der Waals surface area contributed by atoms with E-state index in [1.807, 2.05) is 39.0 Å². The highest BCUT2D eigenvalue weighted by atomic mass is 35.5. The number of halogens is 1. The molecule has 0 saturated heterocycles. The van der Waals surface area contributed by atoms with Crippen LogP contribution in [-0.2, 0) is 5.41 Å². The molecule has 0 fully saturated rings. The summed E-state index contributed by atoms with van der Waals surface area (Å²) in [4.78, 5) is 5.49. The van der Waals surface area contributed by atoms with Gasteiger partial charge in [0.1, 0.15) is 0 Å². The third-order valence-electron chi connectivity index (χ3n) is 4.00. The highest BCUT2D eigenvalue weighted by Gasteiger charge is 2.22. The first-order chi connectivity index (χ1) is 11.4. The minimum Gasteiger partial charge on any atom is -0.260 e. The standard InChI is InChI=1S/C20H17ClN2S/c1-13-4-5-16(17(21)8-13)18-9-15(11-24-18)14-6-7-23-19(10-14)20(2,3)12-22/h4-11H,1-3H3. The lowest BCUT2D eigenvalue weighted by Gasteiger charge is -2.14. The van der Waals surface area contributed by atoms with E-state index in [2.05, 4.69) is 34.6 Å². The Morgan fingerprint density at radius 1 is 1.12 bits per heavy atom. The summed E-state index contributed by atoms with van der Waals surface area (Å²) in [7, 11) is 0. The second-order valence-corrected chi connectivity index (χ2v) is 7.67. The van der Waals surface area contributed by atoms with E-state index < -0.39 is 5.41 Å². The summed E-state index contributed by atoms with van der Waals surface area (Å²) in [5.74, 6) is 0. The Balaban J connectivity index is 2.00. The summed E-state index contributed by atoms with van der Waals surface area (Å²) in [5, 5.41) is 12.2. The first-order valence-corrected chi connectivity index (χ1v) is 8.90. The van der Waals surface area contributed by atoms with Crippen LogP contribution in [0.4, 0.5) is 0 Å². The minimum absolute atomic E-state index is 0.602. The van der Waals surface area contributed by atoms with Gasteiger partial charge in [0.25, 0.3) is 0 Å². The second kappa shape index (κ2) is 6.39. The largest absolute Gasteiger partial charge is 0.260 e. The number of thiophene rings is 1. The molecular weight excluding hydrogens is 336 g/mol. The van der Waals surface area contributed by atoms with Crippen molar-refractivity contribution >= 4 is 22.9 Å². The minimum atomic E-state index is -0.602. The summed E-state index contributed by atoms with van der Waals surface area (Å²) >= 11 is 8.05. The summed E-state index contributed by atoms with van der Waals surface area (Å²) < 4.78 is 0. The zero-order chi connectivity index (χ0) is 17.3. The predicted molar refractivity (Wildman–Crippen MR) is 101 cm³/mol. The van der Waals surface area contributed by atoms with Gasteiger partial charge in [-0.2, -0.15) is 5.26 Å². The summed E-state index contributed by atoms with van der Waals surface area (Å²) in [6.07, 6.45) is 1.76. The molecule has 0 aliphatic heterocycles. The van der Waals surface area contributed by atoms with Gasteiger partial charge in [0.05, 0.1) is 17.2 Å². The Labute approximate surface area is 151 Å². The van der Waals surface area contributed by atoms with E-state index in [-0.39, 0.29) is 0 Å². The number of hydrogen-bond donors (Lipinski definition) is 0. The Hall–Kier alpha value is -2.15. The average Bonchev–Trinajstić information content (AvgIpc) is 3.04. The number of aryl methyl sites for hydroxylation is 1. The van der Waals surface area contributed by atoms with E-state index in [0.717, 1.165) is 37.8 Å². The van der Waals surface area contributed by atoms with Crippen LogP contribution in [-0.4, -0.2) is 4.98 Å². The van der Waals surface area contributed by atoms with Gasteiger partial charge in [-0.1, -0.05) is 23.7 Å². The van der Waals surface area contributed by atoms with Crippen molar-refractivity contribution in [3.8, 4) is 27.6 Å². The van der Waals surface area contributed by atoms with Crippen LogP contribution in [0.5, 0.6) is 0 Å². The molecule has 4 heteroatoms. The fourth-order valence-corrected chi connectivity index (χ4v) is 3.81. The van der Waals surface area contributed by atoms with Crippen LogP contribution < -0.4 is 0 Å². The molecule has 2 heterocycles. The van der Waals surface area contributed by atoms with Crippen molar-refractivity contribution in [3.05, 3.63) is 64.3 Å². The van der Waals surface area contributed by atoms with Gasteiger partial charge < -0.3 is 0 Å². The zero-order valence-corrected chi connectivity index (χ0v) is 15.4. The van der Waals surface area contributed by atoms with Gasteiger partial charge in [0, 0.05) is 21.7 Å². The zero-order valence-electron chi connectivity index (χ0n) is 13.8. The van der Waals surface area contributed by atoms with Gasteiger partial charge in [0.15, 0.2) is 0 Å². The average molecular weight is 353 g/mol. The maximum atomic E-state index is 9.31. The number of aromatic nitrogens is 1. The van der Waals surface area contributed by atoms with Gasteiger partial charge in [-0.15, -0.1) is 11.3 Å². The molecule has 1 aromatic carbocycles. The highest BCUT2D eigenvalue weighted by Crippen LogP contribution is 2.37. The third kappa shape index (κ3) is 3.21. The Morgan fingerprint density at radius 2 is 1.92 bits per heavy atom. The van der Waals surface area contributed by atoms with Crippen molar-refractivity contribution < 1.29 is 0 Å². The van der Waals surface area contributed by atoms with E-state index in [1.54, 1.807) is 17.5 Å². The molecule has 0 atom stereocenters. The Bertz CT molecular complexity index is 935. The molecule has 2 aromatic heterocycles. The fourth-order valence-electron chi connectivity index (χ4n) is 2.46. The smallest absolute Gasteiger partial charge is 0.0937 e. The monoisotopic (exact) mass is 352 g/mol. The molecule has 0 aliphatic carbocycles. The van der Waals surface area contributed by atoms with Crippen molar-refractivity contribution in [1.82, 2.24) is 4.98 Å². The lowest BCUT2D eigenvalue weighted by Crippen LogP contribution is -2.15. The molecule has 0 unspecified atom stereocenters. The molecule has 0 N–H and O–H groups in total. The number of pyridine rings is 1. The second-order valence-electron chi connectivity index (χ2n) is 6.35. The molecule has 0 radical (unpaired) electrons. The van der Waals surface area contributed by atoms with Crippen LogP contribution in [0.15, 0.2) is 48.0 Å². The van der Waals surface area contributed by atoms with E-state index in [1.165, 1.54) is 0 Å². The number of rotatable bonds is 3. The van der Waals surface area contributed by atoms with Crippen molar-refractivity contribution in [2.75, 3.05) is 0 Å². The Morgan fingerprint density at radius 3 is 2.62 bits per heavy atom. The molecule has 120 valence electrons. The van der Waals surface area contributed by atoms with Crippen molar-refractivity contribution in [2.45, 2.75) is 26.2 Å². The SMILES string of the molecule is Cc1ccc(-c2cc(-c3ccnc(C(C)(C)C#N)c3)cs2)c(Cl)c1. The molecule has 0 bridgehead atoms. The number of nitrogens with zero attached hydrogens (tertiary/aromatic N) is 2. The van der Waals surface area contributed by atoms with Gasteiger partial charge in [-0.3, -0.25) is 4.98 Å².